The van der Waals surface area contributed by atoms with Crippen LogP contribution in [0, 0.1) is 5.92 Å². The van der Waals surface area contributed by atoms with Crippen molar-refractivity contribution in [3.05, 3.63) is 35.9 Å². The van der Waals surface area contributed by atoms with Crippen LogP contribution in [0.25, 0.3) is 0 Å². The van der Waals surface area contributed by atoms with Crippen molar-refractivity contribution in [2.75, 3.05) is 13.7 Å². The molecule has 1 fully saturated rings. The second-order valence-corrected chi connectivity index (χ2v) is 7.30. The number of amides is 4. The Morgan fingerprint density at radius 1 is 1.21 bits per heavy atom. The third-order valence-corrected chi connectivity index (χ3v) is 5.35. The lowest BCUT2D eigenvalue weighted by Crippen LogP contribution is -2.50. The molecule has 158 valence electrons. The Hall–Kier alpha value is -2.90. The van der Waals surface area contributed by atoms with Crippen LogP contribution < -0.4 is 10.6 Å². The average Bonchev–Trinajstić information content (AvgIpc) is 2.96. The summed E-state index contributed by atoms with van der Waals surface area (Å²) in [5.74, 6) is -1.78. The highest BCUT2D eigenvalue weighted by Gasteiger charge is 2.52. The van der Waals surface area contributed by atoms with Gasteiger partial charge in [0, 0.05) is 0 Å². The number of ether oxygens (including phenoxy) is 1. The van der Waals surface area contributed by atoms with E-state index in [1.165, 1.54) is 7.11 Å². The van der Waals surface area contributed by atoms with Gasteiger partial charge in [-0.1, -0.05) is 63.9 Å². The Bertz CT molecular complexity index is 767. The summed E-state index contributed by atoms with van der Waals surface area (Å²) in [7, 11) is 1.25. The number of carbonyl (C=O) groups excluding carboxylic acids is 4. The number of urea groups is 1. The van der Waals surface area contributed by atoms with Gasteiger partial charge in [-0.05, 0) is 17.9 Å². The molecule has 29 heavy (non-hydrogen) atoms. The van der Waals surface area contributed by atoms with Crippen molar-refractivity contribution in [2.24, 2.45) is 5.92 Å². The molecule has 8 nitrogen and oxygen atoms in total. The van der Waals surface area contributed by atoms with E-state index in [-0.39, 0.29) is 5.92 Å². The van der Waals surface area contributed by atoms with Crippen molar-refractivity contribution in [1.29, 1.82) is 0 Å². The van der Waals surface area contributed by atoms with Gasteiger partial charge in [0.2, 0.25) is 5.91 Å². The predicted molar refractivity (Wildman–Crippen MR) is 107 cm³/mol. The fourth-order valence-electron chi connectivity index (χ4n) is 3.54. The van der Waals surface area contributed by atoms with Gasteiger partial charge >= 0.3 is 12.0 Å². The van der Waals surface area contributed by atoms with Gasteiger partial charge in [0.05, 0.1) is 7.11 Å². The third kappa shape index (κ3) is 4.58. The zero-order chi connectivity index (χ0) is 21.6. The predicted octanol–water partition coefficient (Wildman–Crippen LogP) is 1.94. The number of esters is 1. The maximum atomic E-state index is 13.2. The molecule has 0 aliphatic carbocycles. The highest BCUT2D eigenvalue weighted by atomic mass is 16.5. The Balaban J connectivity index is 2.20. The number of carbonyl (C=O) groups is 4. The number of rotatable bonds is 9. The van der Waals surface area contributed by atoms with Crippen molar-refractivity contribution < 1.29 is 23.9 Å². The van der Waals surface area contributed by atoms with Crippen LogP contribution in [-0.2, 0) is 24.7 Å². The monoisotopic (exact) mass is 403 g/mol. The fourth-order valence-corrected chi connectivity index (χ4v) is 3.54. The molecular weight excluding hydrogens is 374 g/mol. The first-order chi connectivity index (χ1) is 13.8. The highest BCUT2D eigenvalue weighted by molar-refractivity contribution is 6.09. The second kappa shape index (κ2) is 9.54. The summed E-state index contributed by atoms with van der Waals surface area (Å²) in [6, 6.07) is 7.54. The SMILES string of the molecule is CCC[C@]1(c2ccccc2)NC(=O)N(CC(=O)N[C@H](C(=O)OC)[C@@H](C)CC)C1=O. The van der Waals surface area contributed by atoms with Crippen molar-refractivity contribution in [3.63, 3.8) is 0 Å². The molecule has 3 atom stereocenters. The number of methoxy groups -OCH3 is 1. The smallest absolute Gasteiger partial charge is 0.328 e. The van der Waals surface area contributed by atoms with Crippen LogP contribution in [0.4, 0.5) is 4.79 Å². The summed E-state index contributed by atoms with van der Waals surface area (Å²) in [4.78, 5) is 51.2. The number of imide groups is 1. The molecule has 8 heteroatoms. The van der Waals surface area contributed by atoms with Gasteiger partial charge in [-0.2, -0.15) is 0 Å². The number of nitrogens with one attached hydrogen (secondary N) is 2. The Morgan fingerprint density at radius 3 is 2.41 bits per heavy atom. The van der Waals surface area contributed by atoms with E-state index >= 15 is 0 Å². The number of hydrogen-bond acceptors (Lipinski definition) is 5. The van der Waals surface area contributed by atoms with Crippen molar-refractivity contribution in [1.82, 2.24) is 15.5 Å². The van der Waals surface area contributed by atoms with Gasteiger partial charge < -0.3 is 15.4 Å². The largest absolute Gasteiger partial charge is 0.467 e. The van der Waals surface area contributed by atoms with E-state index < -0.39 is 41.9 Å². The molecule has 0 spiro atoms. The summed E-state index contributed by atoms with van der Waals surface area (Å²) in [6.07, 6.45) is 1.73. The van der Waals surface area contributed by atoms with Gasteiger partial charge in [-0.3, -0.25) is 14.5 Å². The zero-order valence-corrected chi connectivity index (χ0v) is 17.4. The molecule has 1 aromatic carbocycles. The number of benzene rings is 1. The van der Waals surface area contributed by atoms with Crippen LogP contribution in [0.5, 0.6) is 0 Å². The van der Waals surface area contributed by atoms with Gasteiger partial charge in [0.25, 0.3) is 5.91 Å². The van der Waals surface area contributed by atoms with Crippen LogP contribution in [-0.4, -0.2) is 48.4 Å². The van der Waals surface area contributed by atoms with Gasteiger partial charge in [-0.15, -0.1) is 0 Å². The lowest BCUT2D eigenvalue weighted by atomic mass is 9.85. The normalized spacial score (nSPS) is 20.8. The first-order valence-electron chi connectivity index (χ1n) is 9.87. The molecule has 0 bridgehead atoms. The minimum Gasteiger partial charge on any atom is -0.467 e. The molecule has 0 saturated carbocycles. The molecule has 1 heterocycles. The van der Waals surface area contributed by atoms with Crippen molar-refractivity contribution in [2.45, 2.75) is 51.6 Å². The Kier molecular flexibility index (Phi) is 7.36. The van der Waals surface area contributed by atoms with E-state index in [2.05, 4.69) is 10.6 Å². The summed E-state index contributed by atoms with van der Waals surface area (Å²) < 4.78 is 4.76. The summed E-state index contributed by atoms with van der Waals surface area (Å²) in [6.45, 7) is 5.17. The topological polar surface area (TPSA) is 105 Å². The second-order valence-electron chi connectivity index (χ2n) is 7.30. The Labute approximate surface area is 171 Å². The molecule has 4 amide bonds. The van der Waals surface area contributed by atoms with E-state index in [1.807, 2.05) is 26.8 Å². The summed E-state index contributed by atoms with van der Waals surface area (Å²) >= 11 is 0. The molecule has 1 saturated heterocycles. The molecule has 0 aromatic heterocycles. The molecule has 1 aliphatic heterocycles. The zero-order valence-electron chi connectivity index (χ0n) is 17.4. The first-order valence-corrected chi connectivity index (χ1v) is 9.87. The maximum Gasteiger partial charge on any atom is 0.328 e. The van der Waals surface area contributed by atoms with Gasteiger partial charge in [0.1, 0.15) is 18.1 Å². The van der Waals surface area contributed by atoms with Crippen molar-refractivity contribution in [3.8, 4) is 0 Å². The fraction of sp³-hybridized carbons (Fsp3) is 0.524. The van der Waals surface area contributed by atoms with E-state index in [4.69, 9.17) is 4.74 Å². The van der Waals surface area contributed by atoms with Gasteiger partial charge in [-0.25, -0.2) is 9.59 Å². The van der Waals surface area contributed by atoms with E-state index in [1.54, 1.807) is 24.3 Å². The lowest BCUT2D eigenvalue weighted by molar-refractivity contribution is -0.146. The number of hydrogen-bond donors (Lipinski definition) is 2. The standard InChI is InChI=1S/C21H29N3O5/c1-5-12-21(15-10-8-7-9-11-15)19(27)24(20(28)23-21)13-16(25)22-17(14(3)6-2)18(26)29-4/h7-11,14,17H,5-6,12-13H2,1-4H3,(H,22,25)(H,23,28)/t14-,17-,21+/m0/s1. The molecule has 2 N–H and O–H groups in total. The van der Waals surface area contributed by atoms with Crippen molar-refractivity contribution >= 4 is 23.8 Å². The minimum absolute atomic E-state index is 0.155. The third-order valence-electron chi connectivity index (χ3n) is 5.35. The van der Waals surface area contributed by atoms with Crippen LogP contribution in [0.15, 0.2) is 30.3 Å². The first kappa shape index (κ1) is 22.4. The quantitative estimate of drug-likeness (QED) is 0.484. The lowest BCUT2D eigenvalue weighted by Gasteiger charge is -2.27. The molecule has 1 aromatic rings. The summed E-state index contributed by atoms with van der Waals surface area (Å²) in [5.41, 5.74) is -0.513. The summed E-state index contributed by atoms with van der Waals surface area (Å²) in [5, 5.41) is 5.37. The molecule has 0 radical (unpaired) electrons. The van der Waals surface area contributed by atoms with Crippen LogP contribution in [0.2, 0.25) is 0 Å². The van der Waals surface area contributed by atoms with Crippen LogP contribution in [0.3, 0.4) is 0 Å². The molecule has 1 aliphatic rings. The number of nitrogens with zero attached hydrogens (tertiary/aromatic N) is 1. The molecule has 0 unspecified atom stereocenters. The van der Waals surface area contributed by atoms with E-state index in [0.29, 0.717) is 24.8 Å². The maximum absolute atomic E-state index is 13.2. The highest BCUT2D eigenvalue weighted by Crippen LogP contribution is 2.33. The van der Waals surface area contributed by atoms with Crippen LogP contribution in [0.1, 0.15) is 45.6 Å². The van der Waals surface area contributed by atoms with E-state index in [0.717, 1.165) is 4.90 Å². The molecule has 2 rings (SSSR count). The molecular formula is C21H29N3O5. The average molecular weight is 403 g/mol. The van der Waals surface area contributed by atoms with E-state index in [9.17, 15) is 19.2 Å². The minimum atomic E-state index is -1.19. The van der Waals surface area contributed by atoms with Crippen LogP contribution >= 0.6 is 0 Å². The Morgan fingerprint density at radius 2 is 1.86 bits per heavy atom. The van der Waals surface area contributed by atoms with Gasteiger partial charge in [0.15, 0.2) is 0 Å².